The van der Waals surface area contributed by atoms with Crippen LogP contribution in [-0.4, -0.2) is 55.9 Å². The van der Waals surface area contributed by atoms with Gasteiger partial charge in [-0.05, 0) is 6.07 Å². The fourth-order valence-corrected chi connectivity index (χ4v) is 4.03. The minimum absolute atomic E-state index is 0.0804. The van der Waals surface area contributed by atoms with Crippen molar-refractivity contribution in [1.29, 1.82) is 0 Å². The topological polar surface area (TPSA) is 154 Å². The molecule has 1 unspecified atom stereocenters. The highest BCUT2D eigenvalue weighted by Gasteiger charge is 2.41. The van der Waals surface area contributed by atoms with Crippen LogP contribution in [0, 0.1) is 10.1 Å². The SMILES string of the molecule is C=CCON(C1CN=C(OC)C=C1C(N)=O)S(=O)(=O)c1ccccc1[N+](=O)[O-]. The van der Waals surface area contributed by atoms with Crippen LogP contribution < -0.4 is 5.73 Å². The summed E-state index contributed by atoms with van der Waals surface area (Å²) in [5.74, 6) is -0.837. The molecule has 1 aromatic carbocycles. The molecule has 1 amide bonds. The first-order valence-corrected chi connectivity index (χ1v) is 9.29. The number of aliphatic imine (C=N–C) groups is 1. The van der Waals surface area contributed by atoms with Crippen molar-refractivity contribution < 1.29 is 27.7 Å². The van der Waals surface area contributed by atoms with Crippen molar-refractivity contribution in [2.24, 2.45) is 10.7 Å². The normalized spacial score (nSPS) is 16.9. The lowest BCUT2D eigenvalue weighted by Crippen LogP contribution is -2.47. The predicted molar refractivity (Wildman–Crippen MR) is 98.6 cm³/mol. The Morgan fingerprint density at radius 1 is 1.50 bits per heavy atom. The zero-order valence-corrected chi connectivity index (χ0v) is 15.7. The van der Waals surface area contributed by atoms with Gasteiger partial charge in [0.2, 0.25) is 11.8 Å². The van der Waals surface area contributed by atoms with Gasteiger partial charge in [-0.25, -0.2) is 13.4 Å². The van der Waals surface area contributed by atoms with E-state index >= 15 is 0 Å². The zero-order valence-electron chi connectivity index (χ0n) is 14.8. The average molecular weight is 410 g/mol. The number of nitro groups is 1. The van der Waals surface area contributed by atoms with Gasteiger partial charge in [0.1, 0.15) is 6.04 Å². The average Bonchev–Trinajstić information content (AvgIpc) is 2.68. The largest absolute Gasteiger partial charge is 0.481 e. The second-order valence-electron chi connectivity index (χ2n) is 5.43. The number of nitro benzene ring substituents is 1. The molecule has 2 N–H and O–H groups in total. The zero-order chi connectivity index (χ0) is 20.9. The molecule has 150 valence electrons. The molecule has 0 aromatic heterocycles. The summed E-state index contributed by atoms with van der Waals surface area (Å²) in [6, 6.07) is 3.53. The van der Waals surface area contributed by atoms with Gasteiger partial charge in [0.25, 0.3) is 15.7 Å². The highest BCUT2D eigenvalue weighted by molar-refractivity contribution is 7.89. The standard InChI is InChI=1S/C16H18N4O7S/c1-3-8-27-20(13-10-18-15(26-2)9-11(13)16(17)21)28(24,25)14-7-5-4-6-12(14)19(22)23/h3-7,9,13H,1,8,10H2,2H3,(H2,17,21). The minimum atomic E-state index is -4.58. The second-order valence-corrected chi connectivity index (χ2v) is 7.18. The summed E-state index contributed by atoms with van der Waals surface area (Å²) < 4.78 is 31.8. The van der Waals surface area contributed by atoms with Crippen LogP contribution in [0.3, 0.4) is 0 Å². The maximum Gasteiger partial charge on any atom is 0.289 e. The summed E-state index contributed by atoms with van der Waals surface area (Å²) in [5.41, 5.74) is 4.59. The first-order valence-electron chi connectivity index (χ1n) is 7.85. The molecule has 0 aliphatic carbocycles. The fraction of sp³-hybridized carbons (Fsp3) is 0.250. The molecule has 1 aliphatic heterocycles. The molecular weight excluding hydrogens is 392 g/mol. The van der Waals surface area contributed by atoms with Crippen LogP contribution in [-0.2, 0) is 24.4 Å². The van der Waals surface area contributed by atoms with E-state index in [2.05, 4.69) is 11.6 Å². The van der Waals surface area contributed by atoms with Crippen molar-refractivity contribution in [3.05, 3.63) is 58.7 Å². The van der Waals surface area contributed by atoms with Crippen molar-refractivity contribution in [3.63, 3.8) is 0 Å². The number of dihydropyridines is 1. The van der Waals surface area contributed by atoms with Gasteiger partial charge in [0, 0.05) is 17.7 Å². The van der Waals surface area contributed by atoms with E-state index in [1.807, 2.05) is 0 Å². The van der Waals surface area contributed by atoms with Crippen LogP contribution in [0.1, 0.15) is 0 Å². The number of methoxy groups -OCH3 is 1. The minimum Gasteiger partial charge on any atom is -0.481 e. The fourth-order valence-electron chi connectivity index (χ4n) is 2.46. The monoisotopic (exact) mass is 410 g/mol. The van der Waals surface area contributed by atoms with E-state index < -0.39 is 37.5 Å². The number of carbonyl (C=O) groups is 1. The summed E-state index contributed by atoms with van der Waals surface area (Å²) in [6.07, 6.45) is 2.47. The van der Waals surface area contributed by atoms with Crippen molar-refractivity contribution in [2.45, 2.75) is 10.9 Å². The Hall–Kier alpha value is -3.09. The van der Waals surface area contributed by atoms with Crippen LogP contribution in [0.25, 0.3) is 0 Å². The third-order valence-corrected chi connectivity index (χ3v) is 5.44. The molecule has 0 saturated heterocycles. The molecule has 0 fully saturated rings. The molecule has 0 saturated carbocycles. The third-order valence-electron chi connectivity index (χ3n) is 3.70. The predicted octanol–water partition coefficient (Wildman–Crippen LogP) is 0.542. The van der Waals surface area contributed by atoms with Crippen LogP contribution in [0.4, 0.5) is 5.69 Å². The molecule has 0 radical (unpaired) electrons. The van der Waals surface area contributed by atoms with Crippen molar-refractivity contribution in [3.8, 4) is 0 Å². The Balaban J connectivity index is 2.59. The van der Waals surface area contributed by atoms with E-state index in [0.717, 1.165) is 12.1 Å². The number of sulfonamides is 1. The van der Waals surface area contributed by atoms with E-state index in [9.17, 15) is 23.3 Å². The Morgan fingerprint density at radius 3 is 2.75 bits per heavy atom. The Bertz CT molecular complexity index is 955. The summed E-state index contributed by atoms with van der Waals surface area (Å²) in [6.45, 7) is 2.96. The van der Waals surface area contributed by atoms with Gasteiger partial charge in [-0.15, -0.1) is 6.58 Å². The Morgan fingerprint density at radius 2 is 2.18 bits per heavy atom. The highest BCUT2D eigenvalue weighted by Crippen LogP contribution is 2.30. The van der Waals surface area contributed by atoms with Gasteiger partial charge in [0.15, 0.2) is 4.90 Å². The van der Waals surface area contributed by atoms with E-state index in [-0.39, 0.29) is 24.6 Å². The lowest BCUT2D eigenvalue weighted by Gasteiger charge is -2.30. The molecule has 1 heterocycles. The molecular formula is C16H18N4O7S. The van der Waals surface area contributed by atoms with Crippen LogP contribution >= 0.6 is 0 Å². The Kier molecular flexibility index (Phi) is 6.62. The highest BCUT2D eigenvalue weighted by atomic mass is 32.2. The van der Waals surface area contributed by atoms with Gasteiger partial charge in [-0.2, -0.15) is 0 Å². The molecule has 1 aromatic rings. The van der Waals surface area contributed by atoms with E-state index in [1.165, 1.54) is 31.4 Å². The second kappa shape index (κ2) is 8.73. The van der Waals surface area contributed by atoms with Gasteiger partial charge in [-0.1, -0.05) is 22.7 Å². The number of para-hydroxylation sites is 1. The number of hydroxylamine groups is 1. The molecule has 2 rings (SSSR count). The van der Waals surface area contributed by atoms with Gasteiger partial charge in [0.05, 0.1) is 25.2 Å². The number of amides is 1. The van der Waals surface area contributed by atoms with Gasteiger partial charge in [-0.3, -0.25) is 19.7 Å². The molecule has 1 atom stereocenters. The van der Waals surface area contributed by atoms with Crippen LogP contribution in [0.15, 0.2) is 58.5 Å². The van der Waals surface area contributed by atoms with Crippen LogP contribution in [0.2, 0.25) is 0 Å². The number of carbonyl (C=O) groups excluding carboxylic acids is 1. The van der Waals surface area contributed by atoms with Crippen molar-refractivity contribution in [1.82, 2.24) is 4.47 Å². The first kappa shape index (κ1) is 21.2. The quantitative estimate of drug-likeness (QED) is 0.372. The lowest BCUT2D eigenvalue weighted by atomic mass is 10.1. The molecule has 1 aliphatic rings. The molecule has 11 nitrogen and oxygen atoms in total. The van der Waals surface area contributed by atoms with Crippen molar-refractivity contribution >= 4 is 27.5 Å². The first-order chi connectivity index (χ1) is 13.2. The van der Waals surface area contributed by atoms with E-state index in [4.69, 9.17) is 15.3 Å². The summed E-state index contributed by atoms with van der Waals surface area (Å²) in [7, 11) is -3.25. The third kappa shape index (κ3) is 4.24. The maximum atomic E-state index is 13.2. The summed E-state index contributed by atoms with van der Waals surface area (Å²) in [5, 5.41) is 11.3. The summed E-state index contributed by atoms with van der Waals surface area (Å²) >= 11 is 0. The van der Waals surface area contributed by atoms with Crippen LogP contribution in [0.5, 0.6) is 0 Å². The number of nitrogens with two attached hydrogens (primary N) is 1. The van der Waals surface area contributed by atoms with Gasteiger partial charge >= 0.3 is 0 Å². The molecule has 12 heteroatoms. The molecule has 28 heavy (non-hydrogen) atoms. The molecule has 0 spiro atoms. The van der Waals surface area contributed by atoms with E-state index in [0.29, 0.717) is 4.47 Å². The van der Waals surface area contributed by atoms with E-state index in [1.54, 1.807) is 0 Å². The summed E-state index contributed by atoms with van der Waals surface area (Å²) in [4.78, 5) is 31.0. The number of benzene rings is 1. The number of nitrogens with zero attached hydrogens (tertiary/aromatic N) is 3. The van der Waals surface area contributed by atoms with Gasteiger partial charge < -0.3 is 10.5 Å². The number of hydrogen-bond donors (Lipinski definition) is 1. The molecule has 0 bridgehead atoms. The lowest BCUT2D eigenvalue weighted by molar-refractivity contribution is -0.387. The number of ether oxygens (including phenoxy) is 1. The number of primary amides is 1. The Labute approximate surface area is 160 Å². The number of rotatable bonds is 8. The maximum absolute atomic E-state index is 13.2. The van der Waals surface area contributed by atoms with Crippen molar-refractivity contribution in [2.75, 3.05) is 20.3 Å². The number of hydrogen-bond acceptors (Lipinski definition) is 8. The smallest absolute Gasteiger partial charge is 0.289 e.